The van der Waals surface area contributed by atoms with E-state index in [1.807, 2.05) is 18.2 Å². The second-order valence-corrected chi connectivity index (χ2v) is 6.41. The molecule has 1 N–H and O–H groups in total. The summed E-state index contributed by atoms with van der Waals surface area (Å²) >= 11 is 0. The summed E-state index contributed by atoms with van der Waals surface area (Å²) in [7, 11) is 0. The Morgan fingerprint density at radius 1 is 1.11 bits per heavy atom. The Morgan fingerprint density at radius 3 is 2.56 bits per heavy atom. The molecule has 0 saturated carbocycles. The molecule has 1 saturated heterocycles. The molecule has 1 atom stereocenters. The van der Waals surface area contributed by atoms with Crippen molar-refractivity contribution in [3.05, 3.63) is 66.0 Å². The van der Waals surface area contributed by atoms with Crippen molar-refractivity contribution < 1.29 is 18.7 Å². The summed E-state index contributed by atoms with van der Waals surface area (Å²) in [5, 5.41) is 2.98. The predicted molar refractivity (Wildman–Crippen MR) is 101 cm³/mol. The van der Waals surface area contributed by atoms with Gasteiger partial charge in [-0.05, 0) is 17.7 Å². The molecule has 144 valence electrons. The zero-order chi connectivity index (χ0) is 18.9. The Balaban J connectivity index is 1.50. The van der Waals surface area contributed by atoms with Gasteiger partial charge < -0.3 is 14.8 Å². The highest BCUT2D eigenvalue weighted by Crippen LogP contribution is 2.21. The maximum absolute atomic E-state index is 13.5. The van der Waals surface area contributed by atoms with E-state index in [4.69, 9.17) is 9.47 Å². The smallest absolute Gasteiger partial charge is 0.223 e. The number of ether oxygens (including phenoxy) is 2. The van der Waals surface area contributed by atoms with Crippen molar-refractivity contribution >= 4 is 5.91 Å². The van der Waals surface area contributed by atoms with E-state index in [0.29, 0.717) is 19.8 Å². The number of nitrogens with one attached hydrogen (secondary N) is 1. The SMILES string of the molecule is O=C(CCOc1ccccc1F)NCC(c1ccccc1)N1CCOCC1. The Morgan fingerprint density at radius 2 is 1.81 bits per heavy atom. The molecule has 1 aliphatic heterocycles. The molecule has 1 aliphatic rings. The monoisotopic (exact) mass is 372 g/mol. The van der Waals surface area contributed by atoms with Gasteiger partial charge in [-0.2, -0.15) is 0 Å². The van der Waals surface area contributed by atoms with Crippen LogP contribution in [-0.4, -0.2) is 50.3 Å². The third-order valence-corrected chi connectivity index (χ3v) is 4.59. The maximum atomic E-state index is 13.5. The van der Waals surface area contributed by atoms with E-state index >= 15 is 0 Å². The molecular weight excluding hydrogens is 347 g/mol. The van der Waals surface area contributed by atoms with E-state index in [9.17, 15) is 9.18 Å². The number of hydrogen-bond acceptors (Lipinski definition) is 4. The minimum atomic E-state index is -0.422. The topological polar surface area (TPSA) is 50.8 Å². The molecule has 27 heavy (non-hydrogen) atoms. The minimum Gasteiger partial charge on any atom is -0.490 e. The minimum absolute atomic E-state index is 0.103. The fourth-order valence-corrected chi connectivity index (χ4v) is 3.14. The van der Waals surface area contributed by atoms with Crippen LogP contribution in [0.15, 0.2) is 54.6 Å². The van der Waals surface area contributed by atoms with Crippen LogP contribution >= 0.6 is 0 Å². The highest BCUT2D eigenvalue weighted by atomic mass is 19.1. The number of nitrogens with zero attached hydrogens (tertiary/aromatic N) is 1. The molecule has 0 aromatic heterocycles. The number of carbonyl (C=O) groups is 1. The Labute approximate surface area is 159 Å². The molecule has 0 aliphatic carbocycles. The molecule has 2 aromatic rings. The van der Waals surface area contributed by atoms with Crippen LogP contribution in [0.5, 0.6) is 5.75 Å². The summed E-state index contributed by atoms with van der Waals surface area (Å²) in [5.41, 5.74) is 1.17. The van der Waals surface area contributed by atoms with Gasteiger partial charge in [-0.25, -0.2) is 4.39 Å². The molecule has 0 spiro atoms. The van der Waals surface area contributed by atoms with Gasteiger partial charge in [0, 0.05) is 19.6 Å². The van der Waals surface area contributed by atoms with Crippen LogP contribution in [0.2, 0.25) is 0 Å². The molecule has 0 radical (unpaired) electrons. The van der Waals surface area contributed by atoms with Crippen LogP contribution in [-0.2, 0) is 9.53 Å². The number of hydrogen-bond donors (Lipinski definition) is 1. The van der Waals surface area contributed by atoms with Crippen molar-refractivity contribution in [2.24, 2.45) is 0 Å². The van der Waals surface area contributed by atoms with Crippen LogP contribution < -0.4 is 10.1 Å². The number of morpholine rings is 1. The number of carbonyl (C=O) groups excluding carboxylic acids is 1. The number of para-hydroxylation sites is 1. The van der Waals surface area contributed by atoms with Gasteiger partial charge in [0.15, 0.2) is 11.6 Å². The van der Waals surface area contributed by atoms with Crippen molar-refractivity contribution in [2.45, 2.75) is 12.5 Å². The standard InChI is InChI=1S/C21H25FN2O3/c22-18-8-4-5-9-20(18)27-13-10-21(25)23-16-19(17-6-2-1-3-7-17)24-11-14-26-15-12-24/h1-9,19H,10-16H2,(H,23,25). The number of amides is 1. The van der Waals surface area contributed by atoms with Gasteiger partial charge in [-0.15, -0.1) is 0 Å². The molecule has 6 heteroatoms. The van der Waals surface area contributed by atoms with Crippen LogP contribution in [0.1, 0.15) is 18.0 Å². The van der Waals surface area contributed by atoms with E-state index in [-0.39, 0.29) is 30.7 Å². The van der Waals surface area contributed by atoms with Crippen molar-refractivity contribution in [2.75, 3.05) is 39.5 Å². The van der Waals surface area contributed by atoms with Crippen molar-refractivity contribution in [1.82, 2.24) is 10.2 Å². The van der Waals surface area contributed by atoms with Crippen LogP contribution in [0.3, 0.4) is 0 Å². The lowest BCUT2D eigenvalue weighted by Crippen LogP contribution is -2.44. The van der Waals surface area contributed by atoms with Gasteiger partial charge in [-0.1, -0.05) is 42.5 Å². The van der Waals surface area contributed by atoms with Gasteiger partial charge in [0.25, 0.3) is 0 Å². The number of halogens is 1. The Kier molecular flexibility index (Phi) is 7.19. The van der Waals surface area contributed by atoms with E-state index in [2.05, 4.69) is 22.3 Å². The van der Waals surface area contributed by atoms with E-state index in [1.165, 1.54) is 11.6 Å². The zero-order valence-corrected chi connectivity index (χ0v) is 15.3. The van der Waals surface area contributed by atoms with Gasteiger partial charge >= 0.3 is 0 Å². The fraction of sp³-hybridized carbons (Fsp3) is 0.381. The highest BCUT2D eigenvalue weighted by Gasteiger charge is 2.23. The van der Waals surface area contributed by atoms with Gasteiger partial charge in [0.2, 0.25) is 5.91 Å². The van der Waals surface area contributed by atoms with E-state index < -0.39 is 5.82 Å². The van der Waals surface area contributed by atoms with E-state index in [1.54, 1.807) is 18.2 Å². The first kappa shape index (κ1) is 19.3. The third-order valence-electron chi connectivity index (χ3n) is 4.59. The van der Waals surface area contributed by atoms with Crippen molar-refractivity contribution in [3.63, 3.8) is 0 Å². The highest BCUT2D eigenvalue weighted by molar-refractivity contribution is 5.76. The second kappa shape index (κ2) is 10.0. The normalized spacial score (nSPS) is 15.9. The Hall–Kier alpha value is -2.44. The summed E-state index contributed by atoms with van der Waals surface area (Å²) in [6, 6.07) is 16.4. The second-order valence-electron chi connectivity index (χ2n) is 6.41. The molecule has 5 nitrogen and oxygen atoms in total. The first-order valence-corrected chi connectivity index (χ1v) is 9.25. The summed E-state index contributed by atoms with van der Waals surface area (Å²) < 4.78 is 24.3. The molecule has 0 bridgehead atoms. The molecule has 1 amide bonds. The molecule has 1 unspecified atom stereocenters. The van der Waals surface area contributed by atoms with Crippen LogP contribution in [0, 0.1) is 5.82 Å². The van der Waals surface area contributed by atoms with Crippen LogP contribution in [0.25, 0.3) is 0 Å². The van der Waals surface area contributed by atoms with Gasteiger partial charge in [0.1, 0.15) is 0 Å². The summed E-state index contributed by atoms with van der Waals surface area (Å²) in [5.74, 6) is -0.365. The zero-order valence-electron chi connectivity index (χ0n) is 15.3. The van der Waals surface area contributed by atoms with Gasteiger partial charge in [-0.3, -0.25) is 9.69 Å². The first-order valence-electron chi connectivity index (χ1n) is 9.25. The lowest BCUT2D eigenvalue weighted by Gasteiger charge is -2.35. The summed E-state index contributed by atoms with van der Waals surface area (Å²) in [6.45, 7) is 3.74. The maximum Gasteiger partial charge on any atom is 0.223 e. The van der Waals surface area contributed by atoms with Crippen LogP contribution in [0.4, 0.5) is 4.39 Å². The first-order chi connectivity index (χ1) is 13.2. The summed E-state index contributed by atoms with van der Waals surface area (Å²) in [4.78, 5) is 14.5. The molecule has 1 fully saturated rings. The largest absolute Gasteiger partial charge is 0.490 e. The average Bonchev–Trinajstić information content (AvgIpc) is 2.71. The fourth-order valence-electron chi connectivity index (χ4n) is 3.14. The average molecular weight is 372 g/mol. The van der Waals surface area contributed by atoms with Gasteiger partial charge in [0.05, 0.1) is 32.3 Å². The van der Waals surface area contributed by atoms with Crippen molar-refractivity contribution in [3.8, 4) is 5.75 Å². The predicted octanol–water partition coefficient (Wildman–Crippen LogP) is 2.78. The summed E-state index contributed by atoms with van der Waals surface area (Å²) in [6.07, 6.45) is 0.180. The molecule has 3 rings (SSSR count). The Bertz CT molecular complexity index is 720. The lowest BCUT2D eigenvalue weighted by atomic mass is 10.0. The third kappa shape index (κ3) is 5.77. The number of rotatable bonds is 8. The molecular formula is C21H25FN2O3. The van der Waals surface area contributed by atoms with E-state index in [0.717, 1.165) is 13.1 Å². The quantitative estimate of drug-likeness (QED) is 0.774. The molecule has 1 heterocycles. The van der Waals surface area contributed by atoms with Crippen molar-refractivity contribution in [1.29, 1.82) is 0 Å². The molecule has 2 aromatic carbocycles. The lowest BCUT2D eigenvalue weighted by molar-refractivity contribution is -0.121. The number of benzene rings is 2.